The molecule has 2 amide bonds. The number of aryl methyl sites for hydroxylation is 2. The average Bonchev–Trinajstić information content (AvgIpc) is 3.03. The fourth-order valence-corrected chi connectivity index (χ4v) is 4.56. The van der Waals surface area contributed by atoms with Gasteiger partial charge in [0.2, 0.25) is 5.91 Å². The molecule has 1 aromatic heterocycles. The average molecular weight is 396 g/mol. The van der Waals surface area contributed by atoms with Crippen molar-refractivity contribution in [2.45, 2.75) is 45.8 Å². The maximum absolute atomic E-state index is 13.1. The number of likely N-dealkylation sites (tertiary alicyclic amines) is 1. The first-order chi connectivity index (χ1) is 13.9. The molecule has 0 saturated carbocycles. The second kappa shape index (κ2) is 7.63. The fraction of sp³-hybridized carbons (Fsp3) is 0.500. The van der Waals surface area contributed by atoms with Gasteiger partial charge in [0.05, 0.1) is 23.8 Å². The summed E-state index contributed by atoms with van der Waals surface area (Å²) in [6.07, 6.45) is 1.17. The summed E-state index contributed by atoms with van der Waals surface area (Å²) in [5.74, 6) is -0.221. The van der Waals surface area contributed by atoms with Crippen LogP contribution < -0.4 is 5.32 Å². The number of rotatable bonds is 3. The van der Waals surface area contributed by atoms with Gasteiger partial charge < -0.3 is 15.3 Å². The van der Waals surface area contributed by atoms with Crippen LogP contribution in [0.5, 0.6) is 0 Å². The highest BCUT2D eigenvalue weighted by Gasteiger charge is 2.50. The van der Waals surface area contributed by atoms with E-state index in [0.717, 1.165) is 23.4 Å². The zero-order valence-electron chi connectivity index (χ0n) is 17.0. The lowest BCUT2D eigenvalue weighted by Crippen LogP contribution is -2.62. The number of nitrogens with one attached hydrogen (secondary N) is 1. The first-order valence-corrected chi connectivity index (χ1v) is 10.2. The van der Waals surface area contributed by atoms with E-state index >= 15 is 0 Å². The second-order valence-electron chi connectivity index (χ2n) is 8.33. The number of nitrogens with zero attached hydrogens (tertiary/aromatic N) is 3. The predicted octanol–water partition coefficient (Wildman–Crippen LogP) is 1.65. The lowest BCUT2D eigenvalue weighted by atomic mass is 9.71. The normalized spacial score (nSPS) is 24.6. The van der Waals surface area contributed by atoms with E-state index < -0.39 is 11.5 Å². The van der Waals surface area contributed by atoms with Gasteiger partial charge in [-0.15, -0.1) is 0 Å². The Bertz CT molecular complexity index is 921. The summed E-state index contributed by atoms with van der Waals surface area (Å²) in [7, 11) is 0. The first-order valence-electron chi connectivity index (χ1n) is 10.2. The van der Waals surface area contributed by atoms with Gasteiger partial charge in [-0.05, 0) is 56.9 Å². The SMILES string of the molecule is Cc1cc(C)n(Cc2ccc(C(=O)N3CC[C@H](O)[C@@]4(CCCNC4=O)C3)cc2)n1. The minimum Gasteiger partial charge on any atom is -0.392 e. The highest BCUT2D eigenvalue weighted by atomic mass is 16.3. The van der Waals surface area contributed by atoms with Crippen molar-refractivity contribution in [2.24, 2.45) is 5.41 Å². The van der Waals surface area contributed by atoms with Gasteiger partial charge in [0.25, 0.3) is 5.91 Å². The number of aromatic nitrogens is 2. The van der Waals surface area contributed by atoms with Gasteiger partial charge in [-0.25, -0.2) is 0 Å². The van der Waals surface area contributed by atoms with Crippen molar-refractivity contribution >= 4 is 11.8 Å². The largest absolute Gasteiger partial charge is 0.392 e. The highest BCUT2D eigenvalue weighted by Crippen LogP contribution is 2.37. The van der Waals surface area contributed by atoms with E-state index in [9.17, 15) is 14.7 Å². The van der Waals surface area contributed by atoms with Crippen molar-refractivity contribution in [1.82, 2.24) is 20.0 Å². The Kier molecular flexibility index (Phi) is 5.17. The molecule has 7 heteroatoms. The quantitative estimate of drug-likeness (QED) is 0.826. The summed E-state index contributed by atoms with van der Waals surface area (Å²) in [4.78, 5) is 27.3. The van der Waals surface area contributed by atoms with Crippen molar-refractivity contribution in [3.05, 3.63) is 52.8 Å². The fourth-order valence-electron chi connectivity index (χ4n) is 4.56. The number of amides is 2. The van der Waals surface area contributed by atoms with E-state index in [2.05, 4.69) is 10.4 Å². The molecular formula is C22H28N4O3. The third-order valence-electron chi connectivity index (χ3n) is 6.24. The van der Waals surface area contributed by atoms with Gasteiger partial charge in [0, 0.05) is 30.9 Å². The Labute approximate surface area is 170 Å². The Morgan fingerprint density at radius 2 is 2.07 bits per heavy atom. The zero-order valence-corrected chi connectivity index (χ0v) is 17.0. The molecule has 2 fully saturated rings. The van der Waals surface area contributed by atoms with Crippen LogP contribution in [0.25, 0.3) is 0 Å². The number of aliphatic hydroxyl groups excluding tert-OH is 1. The molecule has 154 valence electrons. The molecule has 0 aliphatic carbocycles. The summed E-state index contributed by atoms with van der Waals surface area (Å²) in [5, 5.41) is 17.9. The van der Waals surface area contributed by atoms with Crippen LogP contribution in [0, 0.1) is 19.3 Å². The number of benzene rings is 1. The van der Waals surface area contributed by atoms with Crippen LogP contribution in [0.3, 0.4) is 0 Å². The van der Waals surface area contributed by atoms with Crippen molar-refractivity contribution < 1.29 is 14.7 Å². The van der Waals surface area contributed by atoms with Crippen LogP contribution in [0.1, 0.15) is 46.6 Å². The first kappa shape index (κ1) is 19.6. The van der Waals surface area contributed by atoms with E-state index in [1.165, 1.54) is 0 Å². The van der Waals surface area contributed by atoms with Crippen LogP contribution in [0.15, 0.2) is 30.3 Å². The number of hydrogen-bond acceptors (Lipinski definition) is 4. The minimum absolute atomic E-state index is 0.0905. The molecule has 2 saturated heterocycles. The van der Waals surface area contributed by atoms with Crippen molar-refractivity contribution in [3.63, 3.8) is 0 Å². The molecule has 2 atom stereocenters. The van der Waals surface area contributed by atoms with Gasteiger partial charge in [-0.2, -0.15) is 5.10 Å². The van der Waals surface area contributed by atoms with E-state index in [1.54, 1.807) is 4.90 Å². The Balaban J connectivity index is 1.48. The molecule has 0 unspecified atom stereocenters. The van der Waals surface area contributed by atoms with E-state index in [1.807, 2.05) is 48.9 Å². The topological polar surface area (TPSA) is 87.5 Å². The molecule has 0 bridgehead atoms. The maximum atomic E-state index is 13.1. The Hall–Kier alpha value is -2.67. The summed E-state index contributed by atoms with van der Waals surface area (Å²) in [6.45, 7) is 6.03. The molecule has 3 heterocycles. The summed E-state index contributed by atoms with van der Waals surface area (Å²) in [6, 6.07) is 9.61. The smallest absolute Gasteiger partial charge is 0.253 e. The number of carbonyl (C=O) groups excluding carboxylic acids is 2. The second-order valence-corrected chi connectivity index (χ2v) is 8.33. The van der Waals surface area contributed by atoms with Crippen LogP contribution >= 0.6 is 0 Å². The lowest BCUT2D eigenvalue weighted by molar-refractivity contribution is -0.147. The minimum atomic E-state index is -0.873. The summed E-state index contributed by atoms with van der Waals surface area (Å²) >= 11 is 0. The molecule has 4 rings (SSSR count). The van der Waals surface area contributed by atoms with Gasteiger partial charge in [0.15, 0.2) is 0 Å². The number of hydrogen-bond donors (Lipinski definition) is 2. The predicted molar refractivity (Wildman–Crippen MR) is 108 cm³/mol. The van der Waals surface area contributed by atoms with Crippen LogP contribution in [-0.2, 0) is 11.3 Å². The third-order valence-corrected chi connectivity index (χ3v) is 6.24. The van der Waals surface area contributed by atoms with Crippen molar-refractivity contribution in [1.29, 1.82) is 0 Å². The van der Waals surface area contributed by atoms with Crippen LogP contribution in [-0.4, -0.2) is 57.3 Å². The summed E-state index contributed by atoms with van der Waals surface area (Å²) in [5.41, 5.74) is 2.89. The van der Waals surface area contributed by atoms with Crippen molar-refractivity contribution in [3.8, 4) is 0 Å². The monoisotopic (exact) mass is 396 g/mol. The number of carbonyl (C=O) groups is 2. The zero-order chi connectivity index (χ0) is 20.6. The van der Waals surface area contributed by atoms with Gasteiger partial charge in [-0.3, -0.25) is 14.3 Å². The van der Waals surface area contributed by atoms with E-state index in [0.29, 0.717) is 38.0 Å². The number of aliphatic hydroxyl groups is 1. The van der Waals surface area contributed by atoms with Gasteiger partial charge in [-0.1, -0.05) is 12.1 Å². The molecule has 7 nitrogen and oxygen atoms in total. The Morgan fingerprint density at radius 1 is 1.31 bits per heavy atom. The maximum Gasteiger partial charge on any atom is 0.253 e. The van der Waals surface area contributed by atoms with Crippen molar-refractivity contribution in [2.75, 3.05) is 19.6 Å². The third kappa shape index (κ3) is 3.67. The molecule has 2 aliphatic heterocycles. The van der Waals surface area contributed by atoms with E-state index in [4.69, 9.17) is 0 Å². The number of piperidine rings is 2. The van der Waals surface area contributed by atoms with E-state index in [-0.39, 0.29) is 18.4 Å². The lowest BCUT2D eigenvalue weighted by Gasteiger charge is -2.46. The molecular weight excluding hydrogens is 368 g/mol. The van der Waals surface area contributed by atoms with Gasteiger partial charge >= 0.3 is 0 Å². The highest BCUT2D eigenvalue weighted by molar-refractivity contribution is 5.95. The molecule has 0 radical (unpaired) electrons. The molecule has 1 aromatic carbocycles. The Morgan fingerprint density at radius 3 is 2.72 bits per heavy atom. The molecule has 2 aliphatic rings. The summed E-state index contributed by atoms with van der Waals surface area (Å²) < 4.78 is 1.95. The molecule has 2 aromatic rings. The molecule has 1 spiro atoms. The standard InChI is InChI=1S/C22H28N4O3/c1-15-12-16(2)26(24-15)13-17-4-6-18(7-5-17)20(28)25-11-8-19(27)22(14-25)9-3-10-23-21(22)29/h4-7,12,19,27H,3,8-11,13-14H2,1-2H3,(H,23,29)/t19-,22+/m0/s1. The molecule has 29 heavy (non-hydrogen) atoms. The van der Waals surface area contributed by atoms with Crippen LogP contribution in [0.2, 0.25) is 0 Å². The van der Waals surface area contributed by atoms with Crippen LogP contribution in [0.4, 0.5) is 0 Å². The molecule has 2 N–H and O–H groups in total. The van der Waals surface area contributed by atoms with Gasteiger partial charge in [0.1, 0.15) is 0 Å².